The Labute approximate surface area is 104 Å². The first-order valence-electron chi connectivity index (χ1n) is 4.06. The zero-order chi connectivity index (χ0) is 13.2. The number of nitrogens with one attached hydrogen (secondary N) is 1. The summed E-state index contributed by atoms with van der Waals surface area (Å²) in [7, 11) is -4.81. The van der Waals surface area contributed by atoms with Crippen molar-refractivity contribution in [3.05, 3.63) is 28.2 Å². The van der Waals surface area contributed by atoms with Gasteiger partial charge in [0.2, 0.25) is 0 Å². The molecular weight excluding hydrogens is 324 g/mol. The van der Waals surface area contributed by atoms with Crippen LogP contribution in [0.2, 0.25) is 0 Å². The summed E-state index contributed by atoms with van der Waals surface area (Å²) >= 11 is 2.94. The monoisotopic (exact) mass is 329 g/mol. The predicted octanol–water partition coefficient (Wildman–Crippen LogP) is 2.11. The van der Waals surface area contributed by atoms with Gasteiger partial charge in [0.1, 0.15) is 0 Å². The van der Waals surface area contributed by atoms with E-state index in [0.717, 1.165) is 6.07 Å². The van der Waals surface area contributed by atoms with Crippen molar-refractivity contribution >= 4 is 37.6 Å². The van der Waals surface area contributed by atoms with E-state index in [0.29, 0.717) is 0 Å². The van der Waals surface area contributed by atoms with Gasteiger partial charge in [-0.3, -0.25) is 4.72 Å². The Bertz CT molecular complexity index is 546. The lowest BCUT2D eigenvalue weighted by Crippen LogP contribution is -2.20. The fourth-order valence-electron chi connectivity index (χ4n) is 0.981. The Morgan fingerprint density at radius 3 is 2.41 bits per heavy atom. The lowest BCUT2D eigenvalue weighted by atomic mass is 10.2. The maximum absolute atomic E-state index is 12.1. The molecule has 0 spiro atoms. The summed E-state index contributed by atoms with van der Waals surface area (Å²) in [6.45, 7) is 0. The lowest BCUT2D eigenvalue weighted by Gasteiger charge is -2.08. The molecule has 0 saturated carbocycles. The number of aromatic carboxylic acids is 1. The van der Waals surface area contributed by atoms with E-state index in [1.165, 1.54) is 12.1 Å². The molecule has 0 heterocycles. The number of halogens is 3. The SMILES string of the molecule is O=C(O)c1cc(Br)cc(NS(=O)(=O)C(F)F)c1. The Morgan fingerprint density at radius 1 is 1.35 bits per heavy atom. The molecule has 0 atom stereocenters. The van der Waals surface area contributed by atoms with E-state index < -0.39 is 21.8 Å². The second-order valence-electron chi connectivity index (χ2n) is 2.94. The van der Waals surface area contributed by atoms with E-state index in [9.17, 15) is 22.0 Å². The molecule has 0 aromatic heterocycles. The predicted molar refractivity (Wildman–Crippen MR) is 59.6 cm³/mol. The standard InChI is InChI=1S/C8H6BrF2NO4S/c9-5-1-4(7(13)14)2-6(3-5)12-17(15,16)8(10)11/h1-3,8,12H,(H,13,14). The third kappa shape index (κ3) is 3.63. The zero-order valence-corrected chi connectivity index (χ0v) is 10.4. The van der Waals surface area contributed by atoms with Crippen LogP contribution in [0.1, 0.15) is 10.4 Å². The van der Waals surface area contributed by atoms with Gasteiger partial charge in [-0.1, -0.05) is 15.9 Å². The van der Waals surface area contributed by atoms with E-state index in [1.54, 1.807) is 4.72 Å². The van der Waals surface area contributed by atoms with Crippen LogP contribution in [0.25, 0.3) is 0 Å². The van der Waals surface area contributed by atoms with Gasteiger partial charge in [-0.2, -0.15) is 8.78 Å². The number of carboxylic acid groups (broad SMARTS) is 1. The van der Waals surface area contributed by atoms with Crippen molar-refractivity contribution in [2.45, 2.75) is 5.76 Å². The van der Waals surface area contributed by atoms with Crippen LogP contribution in [-0.4, -0.2) is 25.3 Å². The Hall–Kier alpha value is -1.22. The van der Waals surface area contributed by atoms with Crippen LogP contribution in [-0.2, 0) is 10.0 Å². The third-order valence-corrected chi connectivity index (χ3v) is 3.09. The molecule has 1 aromatic rings. The first kappa shape index (κ1) is 13.8. The molecule has 0 saturated heterocycles. The minimum Gasteiger partial charge on any atom is -0.478 e. The van der Waals surface area contributed by atoms with E-state index >= 15 is 0 Å². The molecule has 5 nitrogen and oxygen atoms in total. The summed E-state index contributed by atoms with van der Waals surface area (Å²) in [6, 6.07) is 3.32. The molecule has 94 valence electrons. The van der Waals surface area contributed by atoms with Gasteiger partial charge in [-0.25, -0.2) is 13.2 Å². The van der Waals surface area contributed by atoms with Gasteiger partial charge in [0.25, 0.3) is 10.0 Å². The highest BCUT2D eigenvalue weighted by Crippen LogP contribution is 2.21. The molecule has 1 rings (SSSR count). The second kappa shape index (κ2) is 4.96. The van der Waals surface area contributed by atoms with Gasteiger partial charge in [0, 0.05) is 4.47 Å². The number of carbonyl (C=O) groups is 1. The highest BCUT2D eigenvalue weighted by Gasteiger charge is 2.24. The molecule has 9 heteroatoms. The molecule has 0 aliphatic rings. The van der Waals surface area contributed by atoms with E-state index in [1.807, 2.05) is 0 Å². The maximum Gasteiger partial charge on any atom is 0.355 e. The normalized spacial score (nSPS) is 11.5. The highest BCUT2D eigenvalue weighted by molar-refractivity contribution is 9.10. The summed E-state index contributed by atoms with van der Waals surface area (Å²) < 4.78 is 47.7. The van der Waals surface area contributed by atoms with Crippen LogP contribution >= 0.6 is 15.9 Å². The van der Waals surface area contributed by atoms with Crippen molar-refractivity contribution in [2.75, 3.05) is 4.72 Å². The van der Waals surface area contributed by atoms with Crippen LogP contribution in [0.5, 0.6) is 0 Å². The number of carboxylic acids is 1. The summed E-state index contributed by atoms with van der Waals surface area (Å²) in [6.07, 6.45) is 0. The molecule has 0 radical (unpaired) electrons. The van der Waals surface area contributed by atoms with Gasteiger partial charge in [0.15, 0.2) is 0 Å². The summed E-state index contributed by atoms with van der Waals surface area (Å²) in [4.78, 5) is 10.7. The van der Waals surface area contributed by atoms with Gasteiger partial charge in [-0.15, -0.1) is 0 Å². The third-order valence-electron chi connectivity index (χ3n) is 1.64. The number of sulfonamides is 1. The Morgan fingerprint density at radius 2 is 1.94 bits per heavy atom. The van der Waals surface area contributed by atoms with Crippen molar-refractivity contribution in [3.63, 3.8) is 0 Å². The lowest BCUT2D eigenvalue weighted by molar-refractivity contribution is 0.0697. The molecule has 0 aliphatic carbocycles. The molecule has 2 N–H and O–H groups in total. The van der Waals surface area contributed by atoms with Crippen LogP contribution in [0, 0.1) is 0 Å². The average molecular weight is 330 g/mol. The fraction of sp³-hybridized carbons (Fsp3) is 0.125. The summed E-state index contributed by atoms with van der Waals surface area (Å²) in [5.74, 6) is -4.89. The van der Waals surface area contributed by atoms with E-state index in [4.69, 9.17) is 5.11 Å². The van der Waals surface area contributed by atoms with Crippen LogP contribution in [0.3, 0.4) is 0 Å². The first-order valence-corrected chi connectivity index (χ1v) is 6.40. The quantitative estimate of drug-likeness (QED) is 0.886. The Balaban J connectivity index is 3.12. The van der Waals surface area contributed by atoms with Crippen molar-refractivity contribution in [2.24, 2.45) is 0 Å². The number of alkyl halides is 2. The van der Waals surface area contributed by atoms with Crippen LogP contribution in [0.15, 0.2) is 22.7 Å². The van der Waals surface area contributed by atoms with Gasteiger partial charge < -0.3 is 5.11 Å². The summed E-state index contributed by atoms with van der Waals surface area (Å²) in [5.41, 5.74) is -0.483. The Kier molecular flexibility index (Phi) is 4.04. The van der Waals surface area contributed by atoms with Crippen LogP contribution in [0.4, 0.5) is 14.5 Å². The molecule has 0 aliphatic heterocycles. The number of hydrogen-bond donors (Lipinski definition) is 2. The van der Waals surface area contributed by atoms with Crippen molar-refractivity contribution < 1.29 is 27.1 Å². The molecule has 17 heavy (non-hydrogen) atoms. The number of rotatable bonds is 4. The zero-order valence-electron chi connectivity index (χ0n) is 8.02. The molecule has 0 amide bonds. The minimum absolute atomic E-state index is 0.230. The van der Waals surface area contributed by atoms with Crippen molar-refractivity contribution in [1.82, 2.24) is 0 Å². The minimum atomic E-state index is -4.81. The number of anilines is 1. The van der Waals surface area contributed by atoms with E-state index in [-0.39, 0.29) is 15.7 Å². The molecular formula is C8H6BrF2NO4S. The second-order valence-corrected chi connectivity index (χ2v) is 5.51. The van der Waals surface area contributed by atoms with Gasteiger partial charge in [0.05, 0.1) is 11.3 Å². The van der Waals surface area contributed by atoms with E-state index in [2.05, 4.69) is 15.9 Å². The largest absolute Gasteiger partial charge is 0.478 e. The molecule has 0 bridgehead atoms. The van der Waals surface area contributed by atoms with Crippen LogP contribution < -0.4 is 4.72 Å². The molecule has 1 aromatic carbocycles. The fourth-order valence-corrected chi connectivity index (χ4v) is 2.01. The number of benzene rings is 1. The number of hydrogen-bond acceptors (Lipinski definition) is 3. The molecule has 0 fully saturated rings. The van der Waals surface area contributed by atoms with Crippen molar-refractivity contribution in [1.29, 1.82) is 0 Å². The summed E-state index contributed by atoms with van der Waals surface area (Å²) in [5, 5.41) is 8.70. The maximum atomic E-state index is 12.1. The highest BCUT2D eigenvalue weighted by atomic mass is 79.9. The topological polar surface area (TPSA) is 83.5 Å². The first-order chi connectivity index (χ1) is 7.72. The van der Waals surface area contributed by atoms with Gasteiger partial charge >= 0.3 is 11.7 Å². The average Bonchev–Trinajstić information content (AvgIpc) is 2.15. The van der Waals surface area contributed by atoms with Crippen molar-refractivity contribution in [3.8, 4) is 0 Å². The molecule has 0 unspecified atom stereocenters. The smallest absolute Gasteiger partial charge is 0.355 e. The van der Waals surface area contributed by atoms with Gasteiger partial charge in [-0.05, 0) is 18.2 Å².